The van der Waals surface area contributed by atoms with Crippen molar-refractivity contribution >= 4 is 11.5 Å². The van der Waals surface area contributed by atoms with Crippen molar-refractivity contribution in [2.24, 2.45) is 0 Å². The van der Waals surface area contributed by atoms with E-state index in [-0.39, 0.29) is 0 Å². The van der Waals surface area contributed by atoms with Crippen molar-refractivity contribution < 1.29 is 0 Å². The number of benzene rings is 1. The lowest BCUT2D eigenvalue weighted by atomic mass is 10.2. The summed E-state index contributed by atoms with van der Waals surface area (Å²) in [6.45, 7) is 6.30. The minimum Gasteiger partial charge on any atom is -0.368 e. The summed E-state index contributed by atoms with van der Waals surface area (Å²) in [6, 6.07) is 14.9. The second kappa shape index (κ2) is 5.31. The molecule has 1 aliphatic rings. The number of rotatable bonds is 2. The molecule has 0 radical (unpaired) electrons. The lowest BCUT2D eigenvalue weighted by molar-refractivity contribution is 0.647. The summed E-state index contributed by atoms with van der Waals surface area (Å²) in [5.74, 6) is 1.09. The molecule has 0 unspecified atom stereocenters. The van der Waals surface area contributed by atoms with Gasteiger partial charge in [-0.3, -0.25) is 0 Å². The van der Waals surface area contributed by atoms with Gasteiger partial charge in [0.15, 0.2) is 0 Å². The molecule has 2 heterocycles. The molecule has 0 spiro atoms. The molecular weight excluding hydrogens is 234 g/mol. The fraction of sp³-hybridized carbons (Fsp3) is 0.312. The summed E-state index contributed by atoms with van der Waals surface area (Å²) in [7, 11) is 0. The highest BCUT2D eigenvalue weighted by atomic mass is 15.3. The molecule has 2 aromatic rings. The molecule has 3 rings (SSSR count). The third kappa shape index (κ3) is 2.70. The van der Waals surface area contributed by atoms with Gasteiger partial charge in [-0.15, -0.1) is 0 Å². The highest BCUT2D eigenvalue weighted by Gasteiger charge is 2.17. The Bertz CT molecular complexity index is 513. The van der Waals surface area contributed by atoms with Crippen molar-refractivity contribution in [1.29, 1.82) is 0 Å². The SMILES string of the molecule is Cc1ccc(N2CCN(c3ccccn3)CC2)cc1. The van der Waals surface area contributed by atoms with Gasteiger partial charge in [0.25, 0.3) is 0 Å². The second-order valence-electron chi connectivity index (χ2n) is 5.00. The van der Waals surface area contributed by atoms with Crippen LogP contribution in [0.4, 0.5) is 11.5 Å². The Morgan fingerprint density at radius 2 is 1.53 bits per heavy atom. The lowest BCUT2D eigenvalue weighted by Crippen LogP contribution is -2.46. The van der Waals surface area contributed by atoms with Crippen LogP contribution >= 0.6 is 0 Å². The maximum absolute atomic E-state index is 4.42. The lowest BCUT2D eigenvalue weighted by Gasteiger charge is -2.36. The van der Waals surface area contributed by atoms with E-state index in [1.807, 2.05) is 12.3 Å². The quantitative estimate of drug-likeness (QED) is 0.820. The van der Waals surface area contributed by atoms with Crippen molar-refractivity contribution in [2.75, 3.05) is 36.0 Å². The van der Waals surface area contributed by atoms with E-state index < -0.39 is 0 Å². The van der Waals surface area contributed by atoms with Crippen LogP contribution in [0.15, 0.2) is 48.7 Å². The summed E-state index contributed by atoms with van der Waals surface area (Å²) >= 11 is 0. The van der Waals surface area contributed by atoms with Gasteiger partial charge < -0.3 is 9.80 Å². The minimum absolute atomic E-state index is 1.03. The third-order valence-corrected chi connectivity index (χ3v) is 3.65. The predicted molar refractivity (Wildman–Crippen MR) is 79.8 cm³/mol. The van der Waals surface area contributed by atoms with E-state index in [1.165, 1.54) is 11.3 Å². The number of hydrogen-bond acceptors (Lipinski definition) is 3. The third-order valence-electron chi connectivity index (χ3n) is 3.65. The van der Waals surface area contributed by atoms with Crippen LogP contribution in [0.25, 0.3) is 0 Å². The number of aryl methyl sites for hydroxylation is 1. The van der Waals surface area contributed by atoms with E-state index in [0.717, 1.165) is 32.0 Å². The molecule has 98 valence electrons. The molecule has 3 nitrogen and oxygen atoms in total. The van der Waals surface area contributed by atoms with Crippen molar-refractivity contribution in [2.45, 2.75) is 6.92 Å². The van der Waals surface area contributed by atoms with Gasteiger partial charge in [0, 0.05) is 38.1 Å². The Balaban J connectivity index is 1.65. The molecule has 0 bridgehead atoms. The second-order valence-corrected chi connectivity index (χ2v) is 5.00. The Morgan fingerprint density at radius 1 is 0.842 bits per heavy atom. The molecule has 1 fully saturated rings. The molecule has 0 N–H and O–H groups in total. The molecule has 0 amide bonds. The van der Waals surface area contributed by atoms with Crippen LogP contribution in [0.5, 0.6) is 0 Å². The standard InChI is InChI=1S/C16H19N3/c1-14-5-7-15(8-6-14)18-10-12-19(13-11-18)16-4-2-3-9-17-16/h2-9H,10-13H2,1H3. The van der Waals surface area contributed by atoms with Crippen LogP contribution in [-0.4, -0.2) is 31.2 Å². The van der Waals surface area contributed by atoms with Gasteiger partial charge in [-0.05, 0) is 31.2 Å². The van der Waals surface area contributed by atoms with Crippen molar-refractivity contribution in [3.63, 3.8) is 0 Å². The molecule has 3 heteroatoms. The maximum atomic E-state index is 4.42. The molecule has 0 atom stereocenters. The van der Waals surface area contributed by atoms with E-state index in [9.17, 15) is 0 Å². The highest BCUT2D eigenvalue weighted by Crippen LogP contribution is 2.19. The first-order valence-electron chi connectivity index (χ1n) is 6.80. The Hall–Kier alpha value is -2.03. The van der Waals surface area contributed by atoms with Crippen LogP contribution in [0.1, 0.15) is 5.56 Å². The molecule has 1 aliphatic heterocycles. The largest absolute Gasteiger partial charge is 0.368 e. The summed E-state index contributed by atoms with van der Waals surface area (Å²) in [6.07, 6.45) is 1.86. The number of piperazine rings is 1. The molecular formula is C16H19N3. The monoisotopic (exact) mass is 253 g/mol. The van der Waals surface area contributed by atoms with Gasteiger partial charge in [-0.2, -0.15) is 0 Å². The average molecular weight is 253 g/mol. The topological polar surface area (TPSA) is 19.4 Å². The molecule has 1 aromatic carbocycles. The molecule has 1 aromatic heterocycles. The molecule has 19 heavy (non-hydrogen) atoms. The van der Waals surface area contributed by atoms with Crippen LogP contribution < -0.4 is 9.80 Å². The molecule has 0 saturated carbocycles. The first-order chi connectivity index (χ1) is 9.33. The smallest absolute Gasteiger partial charge is 0.128 e. The van der Waals surface area contributed by atoms with E-state index >= 15 is 0 Å². The van der Waals surface area contributed by atoms with Crippen LogP contribution in [0.2, 0.25) is 0 Å². The van der Waals surface area contributed by atoms with Crippen molar-refractivity contribution in [1.82, 2.24) is 4.98 Å². The van der Waals surface area contributed by atoms with Crippen LogP contribution in [0, 0.1) is 6.92 Å². The van der Waals surface area contributed by atoms with Crippen molar-refractivity contribution in [3.8, 4) is 0 Å². The Morgan fingerprint density at radius 3 is 2.16 bits per heavy atom. The van der Waals surface area contributed by atoms with Gasteiger partial charge in [0.2, 0.25) is 0 Å². The fourth-order valence-electron chi connectivity index (χ4n) is 2.49. The van der Waals surface area contributed by atoms with Gasteiger partial charge in [0.05, 0.1) is 0 Å². The summed E-state index contributed by atoms with van der Waals surface area (Å²) in [5, 5.41) is 0. The summed E-state index contributed by atoms with van der Waals surface area (Å²) in [5.41, 5.74) is 2.64. The van der Waals surface area contributed by atoms with Crippen molar-refractivity contribution in [3.05, 3.63) is 54.2 Å². The highest BCUT2D eigenvalue weighted by molar-refractivity contribution is 5.50. The van der Waals surface area contributed by atoms with Crippen LogP contribution in [0.3, 0.4) is 0 Å². The molecule has 1 saturated heterocycles. The van der Waals surface area contributed by atoms with Gasteiger partial charge in [-0.25, -0.2) is 4.98 Å². The van der Waals surface area contributed by atoms with E-state index in [2.05, 4.69) is 58.1 Å². The average Bonchev–Trinajstić information content (AvgIpc) is 2.49. The zero-order valence-corrected chi connectivity index (χ0v) is 11.3. The first kappa shape index (κ1) is 12.0. The minimum atomic E-state index is 1.03. The van der Waals surface area contributed by atoms with E-state index in [1.54, 1.807) is 0 Å². The van der Waals surface area contributed by atoms with Gasteiger partial charge in [0.1, 0.15) is 5.82 Å². The fourth-order valence-corrected chi connectivity index (χ4v) is 2.49. The maximum Gasteiger partial charge on any atom is 0.128 e. The van der Waals surface area contributed by atoms with Gasteiger partial charge >= 0.3 is 0 Å². The van der Waals surface area contributed by atoms with E-state index in [0.29, 0.717) is 0 Å². The zero-order valence-electron chi connectivity index (χ0n) is 11.3. The zero-order chi connectivity index (χ0) is 13.1. The number of nitrogens with zero attached hydrogens (tertiary/aromatic N) is 3. The normalized spacial score (nSPS) is 15.6. The first-order valence-corrected chi connectivity index (χ1v) is 6.80. The predicted octanol–water partition coefficient (Wildman–Crippen LogP) is 2.72. The number of hydrogen-bond donors (Lipinski definition) is 0. The number of aromatic nitrogens is 1. The molecule has 0 aliphatic carbocycles. The number of anilines is 2. The number of pyridine rings is 1. The Kier molecular flexibility index (Phi) is 3.36. The van der Waals surface area contributed by atoms with E-state index in [4.69, 9.17) is 0 Å². The van der Waals surface area contributed by atoms with Crippen LogP contribution in [-0.2, 0) is 0 Å². The summed E-state index contributed by atoms with van der Waals surface area (Å²) in [4.78, 5) is 9.21. The van der Waals surface area contributed by atoms with Gasteiger partial charge in [-0.1, -0.05) is 23.8 Å². The Labute approximate surface area is 114 Å². The summed E-state index contributed by atoms with van der Waals surface area (Å²) < 4.78 is 0.